The first-order valence-electron chi connectivity index (χ1n) is 7.26. The maximum Gasteiger partial charge on any atom is 0.341 e. The van der Waals surface area contributed by atoms with Crippen LogP contribution < -0.4 is 10.2 Å². The van der Waals surface area contributed by atoms with E-state index in [1.165, 1.54) is 24.3 Å². The molecule has 1 saturated heterocycles. The average molecular weight is 347 g/mol. The highest BCUT2D eigenvalue weighted by Crippen LogP contribution is 2.23. The van der Waals surface area contributed by atoms with E-state index in [1.807, 2.05) is 11.8 Å². The molecule has 2 amide bonds. The minimum Gasteiger partial charge on any atom is -0.368 e. The van der Waals surface area contributed by atoms with Gasteiger partial charge in [-0.15, -0.1) is 0 Å². The number of alkyl halides is 2. The lowest BCUT2D eigenvalue weighted by Crippen LogP contribution is -2.51. The van der Waals surface area contributed by atoms with Gasteiger partial charge in [0.15, 0.2) is 0 Å². The molecule has 0 spiro atoms. The summed E-state index contributed by atoms with van der Waals surface area (Å²) in [6.07, 6.45) is 0. The van der Waals surface area contributed by atoms with Crippen molar-refractivity contribution in [3.05, 3.63) is 24.3 Å². The van der Waals surface area contributed by atoms with Gasteiger partial charge in [0.2, 0.25) is 9.84 Å². The van der Waals surface area contributed by atoms with Crippen molar-refractivity contribution in [3.63, 3.8) is 0 Å². The Morgan fingerprint density at radius 3 is 2.22 bits per heavy atom. The molecule has 23 heavy (non-hydrogen) atoms. The number of carbonyl (C=O) groups excluding carboxylic acids is 1. The summed E-state index contributed by atoms with van der Waals surface area (Å²) in [7, 11) is -4.56. The summed E-state index contributed by atoms with van der Waals surface area (Å²) in [4.78, 5) is 15.0. The molecule has 1 heterocycles. The number of hydrogen-bond donors (Lipinski definition) is 1. The minimum absolute atomic E-state index is 0.106. The molecule has 9 heteroatoms. The predicted octanol–water partition coefficient (Wildman–Crippen LogP) is 1.53. The van der Waals surface area contributed by atoms with E-state index in [1.54, 1.807) is 4.90 Å². The van der Waals surface area contributed by atoms with Crippen LogP contribution in [0.5, 0.6) is 0 Å². The molecular formula is C14H19F2N3O3S. The van der Waals surface area contributed by atoms with Gasteiger partial charge >= 0.3 is 11.8 Å². The number of urea groups is 1. The minimum atomic E-state index is -4.56. The number of carbonyl (C=O) groups is 1. The number of sulfone groups is 1. The predicted molar refractivity (Wildman–Crippen MR) is 82.5 cm³/mol. The summed E-state index contributed by atoms with van der Waals surface area (Å²) >= 11 is 0. The number of rotatable bonds is 4. The van der Waals surface area contributed by atoms with Crippen molar-refractivity contribution in [1.82, 2.24) is 10.2 Å². The molecule has 0 atom stereocenters. The van der Waals surface area contributed by atoms with Crippen LogP contribution in [0.1, 0.15) is 6.92 Å². The molecule has 0 aliphatic carbocycles. The Balaban J connectivity index is 2.01. The summed E-state index contributed by atoms with van der Waals surface area (Å²) in [5.41, 5.74) is 0.744. The van der Waals surface area contributed by atoms with Crippen molar-refractivity contribution in [2.45, 2.75) is 17.6 Å². The molecule has 1 aromatic rings. The van der Waals surface area contributed by atoms with Gasteiger partial charge in [-0.1, -0.05) is 0 Å². The molecule has 128 valence electrons. The van der Waals surface area contributed by atoms with Crippen LogP contribution in [0.15, 0.2) is 29.2 Å². The van der Waals surface area contributed by atoms with E-state index in [-0.39, 0.29) is 6.03 Å². The lowest BCUT2D eigenvalue weighted by Gasteiger charge is -2.36. The molecule has 0 radical (unpaired) electrons. The molecule has 0 unspecified atom stereocenters. The fourth-order valence-electron chi connectivity index (χ4n) is 2.38. The van der Waals surface area contributed by atoms with Crippen molar-refractivity contribution in [2.24, 2.45) is 0 Å². The van der Waals surface area contributed by atoms with Crippen LogP contribution in [0.3, 0.4) is 0 Å². The zero-order valence-corrected chi connectivity index (χ0v) is 13.5. The van der Waals surface area contributed by atoms with E-state index in [2.05, 4.69) is 5.32 Å². The Hall–Kier alpha value is -1.90. The zero-order valence-electron chi connectivity index (χ0n) is 12.7. The summed E-state index contributed by atoms with van der Waals surface area (Å²) in [5.74, 6) is -3.42. The molecule has 0 bridgehead atoms. The maximum atomic E-state index is 12.5. The molecule has 1 aliphatic heterocycles. The van der Waals surface area contributed by atoms with Crippen LogP contribution in [0.25, 0.3) is 0 Å². The second kappa shape index (κ2) is 7.12. The molecule has 0 aromatic heterocycles. The van der Waals surface area contributed by atoms with Crippen LogP contribution in [0, 0.1) is 0 Å². The van der Waals surface area contributed by atoms with Crippen molar-refractivity contribution in [3.8, 4) is 0 Å². The van der Waals surface area contributed by atoms with E-state index in [4.69, 9.17) is 0 Å². The van der Waals surface area contributed by atoms with E-state index < -0.39 is 20.5 Å². The third kappa shape index (κ3) is 3.90. The average Bonchev–Trinajstić information content (AvgIpc) is 2.55. The van der Waals surface area contributed by atoms with Gasteiger partial charge in [0.25, 0.3) is 0 Å². The first-order chi connectivity index (χ1) is 10.9. The van der Waals surface area contributed by atoms with Crippen molar-refractivity contribution in [1.29, 1.82) is 0 Å². The Labute approximate surface area is 134 Å². The van der Waals surface area contributed by atoms with Gasteiger partial charge < -0.3 is 15.1 Å². The van der Waals surface area contributed by atoms with Gasteiger partial charge in [-0.3, -0.25) is 0 Å². The lowest BCUT2D eigenvalue weighted by molar-refractivity contribution is 0.195. The van der Waals surface area contributed by atoms with Crippen LogP contribution in [0.2, 0.25) is 0 Å². The number of anilines is 1. The van der Waals surface area contributed by atoms with Gasteiger partial charge in [-0.2, -0.15) is 8.78 Å². The fourth-order valence-corrected chi connectivity index (χ4v) is 3.10. The molecule has 0 saturated carbocycles. The Kier molecular flexibility index (Phi) is 5.40. The maximum absolute atomic E-state index is 12.5. The van der Waals surface area contributed by atoms with E-state index in [0.717, 1.165) is 5.69 Å². The summed E-state index contributed by atoms with van der Waals surface area (Å²) in [5, 5.41) is 2.74. The van der Waals surface area contributed by atoms with Gasteiger partial charge in [-0.25, -0.2) is 13.2 Å². The molecule has 1 aliphatic rings. The highest BCUT2D eigenvalue weighted by atomic mass is 32.2. The SMILES string of the molecule is CCNC(=O)N1CCN(c2ccc(S(=O)(=O)C(F)F)cc2)CC1. The zero-order chi connectivity index (χ0) is 17.0. The van der Waals surface area contributed by atoms with Crippen molar-refractivity contribution < 1.29 is 22.0 Å². The van der Waals surface area contributed by atoms with Gasteiger partial charge in [-0.05, 0) is 31.2 Å². The van der Waals surface area contributed by atoms with Crippen LogP contribution in [-0.2, 0) is 9.84 Å². The Morgan fingerprint density at radius 1 is 1.17 bits per heavy atom. The number of benzene rings is 1. The normalized spacial score (nSPS) is 15.8. The first-order valence-corrected chi connectivity index (χ1v) is 8.80. The van der Waals surface area contributed by atoms with Crippen molar-refractivity contribution >= 4 is 21.6 Å². The van der Waals surface area contributed by atoms with Crippen LogP contribution in [-0.4, -0.2) is 57.8 Å². The number of nitrogens with one attached hydrogen (secondary N) is 1. The largest absolute Gasteiger partial charge is 0.368 e. The molecule has 1 N–H and O–H groups in total. The molecule has 2 rings (SSSR count). The Morgan fingerprint density at radius 2 is 1.74 bits per heavy atom. The second-order valence-corrected chi connectivity index (χ2v) is 7.03. The van der Waals surface area contributed by atoms with E-state index in [9.17, 15) is 22.0 Å². The molecule has 6 nitrogen and oxygen atoms in total. The number of halogens is 2. The summed E-state index contributed by atoms with van der Waals surface area (Å²) in [6.45, 7) is 4.70. The number of hydrogen-bond acceptors (Lipinski definition) is 4. The highest BCUT2D eigenvalue weighted by molar-refractivity contribution is 7.91. The summed E-state index contributed by atoms with van der Waals surface area (Å²) in [6, 6.07) is 5.29. The van der Waals surface area contributed by atoms with Gasteiger partial charge in [0.1, 0.15) is 0 Å². The first kappa shape index (κ1) is 17.5. The molecule has 1 aromatic carbocycles. The monoisotopic (exact) mass is 347 g/mol. The number of nitrogens with zero attached hydrogens (tertiary/aromatic N) is 2. The van der Waals surface area contributed by atoms with E-state index >= 15 is 0 Å². The number of amides is 2. The van der Waals surface area contributed by atoms with E-state index in [0.29, 0.717) is 32.7 Å². The smallest absolute Gasteiger partial charge is 0.341 e. The van der Waals surface area contributed by atoms with Crippen LogP contribution in [0.4, 0.5) is 19.3 Å². The third-order valence-corrected chi connectivity index (χ3v) is 5.06. The molecular weight excluding hydrogens is 328 g/mol. The Bertz CT molecular complexity index is 642. The van der Waals surface area contributed by atoms with Crippen LogP contribution >= 0.6 is 0 Å². The topological polar surface area (TPSA) is 69.7 Å². The quantitative estimate of drug-likeness (QED) is 0.897. The second-order valence-electron chi connectivity index (χ2n) is 5.11. The van der Waals surface area contributed by atoms with Crippen molar-refractivity contribution in [2.75, 3.05) is 37.6 Å². The highest BCUT2D eigenvalue weighted by Gasteiger charge is 2.27. The third-order valence-electron chi connectivity index (χ3n) is 3.66. The number of piperazine rings is 1. The van der Waals surface area contributed by atoms with Gasteiger partial charge in [0, 0.05) is 38.4 Å². The fraction of sp³-hybridized carbons (Fsp3) is 0.500. The standard InChI is InChI=1S/C14H19F2N3O3S/c1-2-17-14(20)19-9-7-18(8-10-19)11-3-5-12(6-4-11)23(21,22)13(15)16/h3-6,13H,2,7-10H2,1H3,(H,17,20). The van der Waals surface area contributed by atoms with Gasteiger partial charge in [0.05, 0.1) is 4.90 Å². The molecule has 1 fully saturated rings. The lowest BCUT2D eigenvalue weighted by atomic mass is 10.2. The summed E-state index contributed by atoms with van der Waals surface area (Å²) < 4.78 is 47.8.